The van der Waals surface area contributed by atoms with Gasteiger partial charge in [-0.1, -0.05) is 108 Å². The highest BCUT2D eigenvalue weighted by Crippen LogP contribution is 2.24. The Bertz CT molecular complexity index is 2000. The minimum absolute atomic E-state index is 0.213. The lowest BCUT2D eigenvalue weighted by atomic mass is 9.95. The lowest BCUT2D eigenvalue weighted by molar-refractivity contribution is -0.157. The van der Waals surface area contributed by atoms with Crippen molar-refractivity contribution in [1.82, 2.24) is 0 Å². The summed E-state index contributed by atoms with van der Waals surface area (Å²) in [6.45, 7) is 17.7. The number of hydrogen-bond acceptors (Lipinski definition) is 6. The molecular weight excluding hydrogens is 661 g/mol. The highest BCUT2D eigenvalue weighted by atomic mass is 16.6. The van der Waals surface area contributed by atoms with Crippen LogP contribution in [0.1, 0.15) is 101 Å². The molecule has 4 aromatic rings. The van der Waals surface area contributed by atoms with Gasteiger partial charge in [-0.05, 0) is 120 Å². The number of ketones is 2. The number of carbonyl (C=O) groups excluding carboxylic acids is 4. The second kappa shape index (κ2) is 20.6. The van der Waals surface area contributed by atoms with Gasteiger partial charge in [-0.25, -0.2) is 0 Å². The summed E-state index contributed by atoms with van der Waals surface area (Å²) in [5, 5.41) is 4.09. The number of Topliss-reactive ketones (excluding diaryl/α,β-unsaturated/α-hetero) is 2. The summed E-state index contributed by atoms with van der Waals surface area (Å²) < 4.78 is 10.8. The standard InChI is InChI=1S/C24H28O3.C23H26O3/c1-6-24(5,15-9-10-17(2)3)27-23(26)18(4)22(25)21-14-13-19-11-7-8-12-20(19)16-21;1-17(2)7-6-8-18(3)13-14-26-23(25)16-22(24)21-12-11-19-9-4-5-10-20(19)15-21/h6-8,10-14,16,18H,1,9,15H2,2-5H3;4-5,7,9-13,15H,6,8,14,16H2,1-3H3. The Morgan fingerprint density at radius 1 is 0.717 bits per heavy atom. The maximum absolute atomic E-state index is 12.8. The predicted molar refractivity (Wildman–Crippen MR) is 217 cm³/mol. The fraction of sp³-hybridized carbons (Fsp3) is 0.319. The molecule has 0 aromatic heterocycles. The van der Waals surface area contributed by atoms with Crippen molar-refractivity contribution >= 4 is 45.0 Å². The number of carbonyl (C=O) groups is 4. The molecule has 2 atom stereocenters. The molecule has 0 aliphatic rings. The van der Waals surface area contributed by atoms with Gasteiger partial charge in [-0.3, -0.25) is 19.2 Å². The largest absolute Gasteiger partial charge is 0.461 e. The zero-order chi connectivity index (χ0) is 39.0. The lowest BCUT2D eigenvalue weighted by Crippen LogP contribution is -2.34. The molecule has 53 heavy (non-hydrogen) atoms. The van der Waals surface area contributed by atoms with Crippen molar-refractivity contribution in [2.75, 3.05) is 6.61 Å². The van der Waals surface area contributed by atoms with Crippen molar-refractivity contribution in [3.05, 3.63) is 144 Å². The number of benzene rings is 4. The molecule has 4 aromatic carbocycles. The van der Waals surface area contributed by atoms with E-state index in [-0.39, 0.29) is 24.6 Å². The quantitative estimate of drug-likeness (QED) is 0.0497. The Morgan fingerprint density at radius 3 is 1.81 bits per heavy atom. The second-order valence-corrected chi connectivity index (χ2v) is 14.1. The van der Waals surface area contributed by atoms with Crippen LogP contribution in [-0.4, -0.2) is 35.7 Å². The van der Waals surface area contributed by atoms with Gasteiger partial charge in [0, 0.05) is 11.1 Å². The van der Waals surface area contributed by atoms with E-state index in [2.05, 4.69) is 32.6 Å². The van der Waals surface area contributed by atoms with Gasteiger partial charge >= 0.3 is 11.9 Å². The average molecular weight is 715 g/mol. The van der Waals surface area contributed by atoms with Crippen LogP contribution in [0.2, 0.25) is 0 Å². The molecule has 0 N–H and O–H groups in total. The van der Waals surface area contributed by atoms with Gasteiger partial charge in [-0.2, -0.15) is 0 Å². The Labute approximate surface area is 315 Å². The maximum atomic E-state index is 12.8. The Kier molecular flexibility index (Phi) is 16.4. The van der Waals surface area contributed by atoms with E-state index in [4.69, 9.17) is 9.47 Å². The highest BCUT2D eigenvalue weighted by molar-refractivity contribution is 6.10. The van der Waals surface area contributed by atoms with Crippen LogP contribution in [0, 0.1) is 5.92 Å². The molecule has 0 spiro atoms. The molecule has 0 saturated carbocycles. The summed E-state index contributed by atoms with van der Waals surface area (Å²) in [6.07, 6.45) is 10.9. The number of fused-ring (bicyclic) bond motifs is 2. The first-order valence-corrected chi connectivity index (χ1v) is 18.2. The smallest absolute Gasteiger partial charge is 0.317 e. The third-order valence-corrected chi connectivity index (χ3v) is 8.88. The Hall–Kier alpha value is -5.36. The molecule has 0 bridgehead atoms. The van der Waals surface area contributed by atoms with Crippen LogP contribution in [0.5, 0.6) is 0 Å². The van der Waals surface area contributed by atoms with Crippen molar-refractivity contribution in [3.63, 3.8) is 0 Å². The SMILES string of the molecule is C=CC(C)(CCC=C(C)C)OC(=O)C(C)C(=O)c1ccc2ccccc2c1.CC(C)=CCCC(C)=CCOC(=O)CC(=O)c1ccc2ccccc2c1. The molecule has 0 fully saturated rings. The van der Waals surface area contributed by atoms with Crippen LogP contribution >= 0.6 is 0 Å². The highest BCUT2D eigenvalue weighted by Gasteiger charge is 2.31. The first-order chi connectivity index (χ1) is 25.2. The van der Waals surface area contributed by atoms with Crippen molar-refractivity contribution in [1.29, 1.82) is 0 Å². The maximum Gasteiger partial charge on any atom is 0.317 e. The molecule has 6 heteroatoms. The molecule has 0 aliphatic carbocycles. The van der Waals surface area contributed by atoms with Crippen molar-refractivity contribution in [2.45, 2.75) is 86.2 Å². The minimum atomic E-state index is -0.867. The molecule has 0 aliphatic heterocycles. The van der Waals surface area contributed by atoms with Gasteiger partial charge in [0.05, 0.1) is 0 Å². The first-order valence-electron chi connectivity index (χ1n) is 18.2. The van der Waals surface area contributed by atoms with E-state index in [0.29, 0.717) is 17.5 Å². The van der Waals surface area contributed by atoms with Crippen molar-refractivity contribution < 1.29 is 28.7 Å². The molecule has 0 heterocycles. The molecule has 0 radical (unpaired) electrons. The molecule has 2 unspecified atom stereocenters. The Morgan fingerprint density at radius 2 is 1.25 bits per heavy atom. The van der Waals surface area contributed by atoms with Gasteiger partial charge in [0.25, 0.3) is 0 Å². The Balaban J connectivity index is 0.000000286. The zero-order valence-corrected chi connectivity index (χ0v) is 32.4. The van der Waals surface area contributed by atoms with Crippen LogP contribution < -0.4 is 0 Å². The van der Waals surface area contributed by atoms with Crippen LogP contribution in [0.3, 0.4) is 0 Å². The first kappa shape index (κ1) is 42.1. The van der Waals surface area contributed by atoms with E-state index in [1.54, 1.807) is 25.1 Å². The normalized spacial score (nSPS) is 12.7. The molecule has 0 saturated heterocycles. The second-order valence-electron chi connectivity index (χ2n) is 14.1. The van der Waals surface area contributed by atoms with E-state index >= 15 is 0 Å². The zero-order valence-electron chi connectivity index (χ0n) is 32.4. The summed E-state index contributed by atoms with van der Waals surface area (Å²) in [4.78, 5) is 49.5. The van der Waals surface area contributed by atoms with Gasteiger partial charge < -0.3 is 9.47 Å². The molecular formula is C47H54O6. The van der Waals surface area contributed by atoms with Crippen molar-refractivity contribution in [2.24, 2.45) is 5.92 Å². The number of rotatable bonds is 16. The van der Waals surface area contributed by atoms with Crippen LogP contribution in [0.4, 0.5) is 0 Å². The van der Waals surface area contributed by atoms with E-state index < -0.39 is 23.5 Å². The third kappa shape index (κ3) is 13.9. The topological polar surface area (TPSA) is 86.7 Å². The molecule has 0 amide bonds. The molecule has 4 rings (SSSR count). The summed E-state index contributed by atoms with van der Waals surface area (Å²) in [5.74, 6) is -2.33. The predicted octanol–water partition coefficient (Wildman–Crippen LogP) is 11.5. The summed E-state index contributed by atoms with van der Waals surface area (Å²) in [6, 6.07) is 26.6. The van der Waals surface area contributed by atoms with E-state index in [0.717, 1.165) is 40.8 Å². The fourth-order valence-electron chi connectivity index (χ4n) is 5.47. The van der Waals surface area contributed by atoms with E-state index in [9.17, 15) is 19.2 Å². The van der Waals surface area contributed by atoms with Crippen LogP contribution in [0.15, 0.2) is 133 Å². The number of esters is 2. The number of ether oxygens (including phenoxy) is 2. The van der Waals surface area contributed by atoms with Gasteiger partial charge in [0.2, 0.25) is 0 Å². The molecule has 278 valence electrons. The van der Waals surface area contributed by atoms with Gasteiger partial charge in [-0.15, -0.1) is 0 Å². The lowest BCUT2D eigenvalue weighted by Gasteiger charge is -2.27. The van der Waals surface area contributed by atoms with Crippen LogP contribution in [0.25, 0.3) is 21.5 Å². The van der Waals surface area contributed by atoms with Crippen molar-refractivity contribution in [3.8, 4) is 0 Å². The van der Waals surface area contributed by atoms with Crippen LogP contribution in [-0.2, 0) is 19.1 Å². The average Bonchev–Trinajstić information content (AvgIpc) is 3.13. The number of hydrogen-bond donors (Lipinski definition) is 0. The van der Waals surface area contributed by atoms with E-state index in [1.807, 2.05) is 107 Å². The molecule has 6 nitrogen and oxygen atoms in total. The van der Waals surface area contributed by atoms with Gasteiger partial charge in [0.1, 0.15) is 24.5 Å². The summed E-state index contributed by atoms with van der Waals surface area (Å²) in [5.41, 5.74) is 3.96. The monoisotopic (exact) mass is 714 g/mol. The summed E-state index contributed by atoms with van der Waals surface area (Å²) >= 11 is 0. The fourth-order valence-corrected chi connectivity index (χ4v) is 5.47. The number of allylic oxidation sites excluding steroid dienone is 5. The van der Waals surface area contributed by atoms with Gasteiger partial charge in [0.15, 0.2) is 11.6 Å². The third-order valence-electron chi connectivity index (χ3n) is 8.88. The minimum Gasteiger partial charge on any atom is -0.461 e. The summed E-state index contributed by atoms with van der Waals surface area (Å²) in [7, 11) is 0. The van der Waals surface area contributed by atoms with E-state index in [1.165, 1.54) is 16.7 Å².